The van der Waals surface area contributed by atoms with Crippen LogP contribution in [0.25, 0.3) is 0 Å². The molecule has 4 nitrogen and oxygen atoms in total. The van der Waals surface area contributed by atoms with Crippen LogP contribution in [0.2, 0.25) is 0 Å². The Labute approximate surface area is 97.7 Å². The molecule has 1 heterocycles. The van der Waals surface area contributed by atoms with Crippen molar-refractivity contribution in [3.8, 4) is 0 Å². The summed E-state index contributed by atoms with van der Waals surface area (Å²) >= 11 is 0. The first-order chi connectivity index (χ1) is 7.47. The van der Waals surface area contributed by atoms with Gasteiger partial charge in [-0.25, -0.2) is 0 Å². The predicted molar refractivity (Wildman–Crippen MR) is 62.2 cm³/mol. The number of carbonyl (C=O) groups is 1. The molecule has 1 aliphatic heterocycles. The number of esters is 1. The third-order valence-corrected chi connectivity index (χ3v) is 2.87. The Balaban J connectivity index is 2.40. The van der Waals surface area contributed by atoms with Gasteiger partial charge in [-0.15, -0.1) is 0 Å². The Morgan fingerprint density at radius 1 is 1.50 bits per heavy atom. The van der Waals surface area contributed by atoms with Gasteiger partial charge in [-0.05, 0) is 12.3 Å². The quantitative estimate of drug-likeness (QED) is 0.695. The van der Waals surface area contributed by atoms with E-state index >= 15 is 0 Å². The molecular weight excluding hydrogens is 206 g/mol. The lowest BCUT2D eigenvalue weighted by molar-refractivity contribution is -0.144. The standard InChI is InChI=1S/C12H23NO3/c1-9(2)5-10(11(14)15-4)13-6-12(3)7-16-8-12/h9-10,13H,5-8H2,1-4H3. The van der Waals surface area contributed by atoms with Crippen molar-refractivity contribution in [2.75, 3.05) is 26.9 Å². The second kappa shape index (κ2) is 5.64. The van der Waals surface area contributed by atoms with E-state index in [1.54, 1.807) is 0 Å². The zero-order chi connectivity index (χ0) is 12.2. The van der Waals surface area contributed by atoms with E-state index in [1.807, 2.05) is 0 Å². The average molecular weight is 229 g/mol. The topological polar surface area (TPSA) is 47.6 Å². The number of carbonyl (C=O) groups excluding carboxylic acids is 1. The molecule has 4 heteroatoms. The SMILES string of the molecule is COC(=O)C(CC(C)C)NCC1(C)COC1. The summed E-state index contributed by atoms with van der Waals surface area (Å²) in [7, 11) is 1.44. The Morgan fingerprint density at radius 2 is 2.12 bits per heavy atom. The van der Waals surface area contributed by atoms with Crippen molar-refractivity contribution >= 4 is 5.97 Å². The van der Waals surface area contributed by atoms with Crippen LogP contribution in [0.4, 0.5) is 0 Å². The van der Waals surface area contributed by atoms with Gasteiger partial charge in [-0.3, -0.25) is 4.79 Å². The highest BCUT2D eigenvalue weighted by molar-refractivity contribution is 5.75. The molecule has 16 heavy (non-hydrogen) atoms. The fourth-order valence-corrected chi connectivity index (χ4v) is 1.80. The molecule has 1 rings (SSSR count). The lowest BCUT2D eigenvalue weighted by Gasteiger charge is -2.39. The van der Waals surface area contributed by atoms with E-state index in [1.165, 1.54) is 7.11 Å². The normalized spacial score (nSPS) is 20.3. The molecular formula is C12H23NO3. The minimum atomic E-state index is -0.192. The van der Waals surface area contributed by atoms with Crippen molar-refractivity contribution < 1.29 is 14.3 Å². The Bertz CT molecular complexity index is 236. The third kappa shape index (κ3) is 3.76. The van der Waals surface area contributed by atoms with Crippen LogP contribution in [0.3, 0.4) is 0 Å². The van der Waals surface area contributed by atoms with Gasteiger partial charge >= 0.3 is 5.97 Å². The molecule has 0 amide bonds. The molecule has 1 saturated heterocycles. The van der Waals surface area contributed by atoms with Gasteiger partial charge in [-0.2, -0.15) is 0 Å². The molecule has 1 aliphatic rings. The smallest absolute Gasteiger partial charge is 0.322 e. The van der Waals surface area contributed by atoms with Crippen molar-refractivity contribution in [3.63, 3.8) is 0 Å². The predicted octanol–water partition coefficient (Wildman–Crippen LogP) is 1.20. The fourth-order valence-electron chi connectivity index (χ4n) is 1.80. The zero-order valence-electron chi connectivity index (χ0n) is 10.7. The largest absolute Gasteiger partial charge is 0.468 e. The van der Waals surface area contributed by atoms with E-state index in [4.69, 9.17) is 9.47 Å². The van der Waals surface area contributed by atoms with E-state index in [2.05, 4.69) is 26.1 Å². The maximum Gasteiger partial charge on any atom is 0.322 e. The van der Waals surface area contributed by atoms with Crippen LogP contribution in [0, 0.1) is 11.3 Å². The van der Waals surface area contributed by atoms with E-state index in [-0.39, 0.29) is 17.4 Å². The van der Waals surface area contributed by atoms with Crippen molar-refractivity contribution in [1.29, 1.82) is 0 Å². The molecule has 1 N–H and O–H groups in total. The van der Waals surface area contributed by atoms with E-state index in [0.717, 1.165) is 26.2 Å². The maximum atomic E-state index is 11.6. The summed E-state index contributed by atoms with van der Waals surface area (Å²) in [5.41, 5.74) is 0.184. The fraction of sp³-hybridized carbons (Fsp3) is 0.917. The summed E-state index contributed by atoms with van der Waals surface area (Å²) in [6.45, 7) is 8.72. The second-order valence-corrected chi connectivity index (χ2v) is 5.39. The third-order valence-electron chi connectivity index (χ3n) is 2.87. The first-order valence-corrected chi connectivity index (χ1v) is 5.86. The van der Waals surface area contributed by atoms with Gasteiger partial charge in [0.25, 0.3) is 0 Å². The Morgan fingerprint density at radius 3 is 2.50 bits per heavy atom. The molecule has 0 saturated carbocycles. The second-order valence-electron chi connectivity index (χ2n) is 5.39. The van der Waals surface area contributed by atoms with E-state index in [9.17, 15) is 4.79 Å². The summed E-state index contributed by atoms with van der Waals surface area (Å²) in [4.78, 5) is 11.6. The number of hydrogen-bond donors (Lipinski definition) is 1. The summed E-state index contributed by atoms with van der Waals surface area (Å²) < 4.78 is 9.98. The zero-order valence-corrected chi connectivity index (χ0v) is 10.7. The van der Waals surface area contributed by atoms with Gasteiger partial charge in [0, 0.05) is 12.0 Å². The molecule has 0 radical (unpaired) electrons. The minimum absolute atomic E-state index is 0.169. The number of ether oxygens (including phenoxy) is 2. The first kappa shape index (κ1) is 13.5. The van der Waals surface area contributed by atoms with Crippen molar-refractivity contribution in [2.45, 2.75) is 33.2 Å². The molecule has 0 bridgehead atoms. The van der Waals surface area contributed by atoms with Crippen LogP contribution >= 0.6 is 0 Å². The molecule has 0 aromatic heterocycles. The molecule has 0 aliphatic carbocycles. The van der Waals surface area contributed by atoms with Crippen molar-refractivity contribution in [1.82, 2.24) is 5.32 Å². The van der Waals surface area contributed by atoms with Crippen LogP contribution in [-0.4, -0.2) is 38.9 Å². The average Bonchev–Trinajstić information content (AvgIpc) is 2.19. The van der Waals surface area contributed by atoms with Crippen molar-refractivity contribution in [3.05, 3.63) is 0 Å². The van der Waals surface area contributed by atoms with E-state index in [0.29, 0.717) is 5.92 Å². The van der Waals surface area contributed by atoms with Crippen LogP contribution in [-0.2, 0) is 14.3 Å². The maximum absolute atomic E-state index is 11.6. The van der Waals surface area contributed by atoms with Crippen LogP contribution in [0.15, 0.2) is 0 Å². The summed E-state index contributed by atoms with van der Waals surface area (Å²) in [5.74, 6) is 0.305. The van der Waals surface area contributed by atoms with Gasteiger partial charge in [0.2, 0.25) is 0 Å². The monoisotopic (exact) mass is 229 g/mol. The molecule has 0 aromatic carbocycles. The van der Waals surface area contributed by atoms with Gasteiger partial charge in [0.05, 0.1) is 20.3 Å². The van der Waals surface area contributed by atoms with Gasteiger partial charge < -0.3 is 14.8 Å². The molecule has 0 spiro atoms. The first-order valence-electron chi connectivity index (χ1n) is 5.86. The Kier molecular flexibility index (Phi) is 4.74. The van der Waals surface area contributed by atoms with Gasteiger partial charge in [0.1, 0.15) is 6.04 Å². The minimum Gasteiger partial charge on any atom is -0.468 e. The highest BCUT2D eigenvalue weighted by atomic mass is 16.5. The molecule has 1 atom stereocenters. The Hall–Kier alpha value is -0.610. The van der Waals surface area contributed by atoms with Gasteiger partial charge in [0.15, 0.2) is 0 Å². The molecule has 1 unspecified atom stereocenters. The summed E-state index contributed by atoms with van der Waals surface area (Å²) in [6.07, 6.45) is 0.809. The van der Waals surface area contributed by atoms with Gasteiger partial charge in [-0.1, -0.05) is 20.8 Å². The molecule has 1 fully saturated rings. The highest BCUT2D eigenvalue weighted by Crippen LogP contribution is 2.25. The number of rotatable bonds is 6. The molecule has 94 valence electrons. The summed E-state index contributed by atoms with van der Waals surface area (Å²) in [5, 5.41) is 3.29. The summed E-state index contributed by atoms with van der Waals surface area (Å²) in [6, 6.07) is -0.192. The van der Waals surface area contributed by atoms with E-state index < -0.39 is 0 Å². The van der Waals surface area contributed by atoms with Crippen LogP contribution < -0.4 is 5.32 Å². The lowest BCUT2D eigenvalue weighted by Crippen LogP contribution is -2.51. The lowest BCUT2D eigenvalue weighted by atomic mass is 9.88. The molecule has 0 aromatic rings. The van der Waals surface area contributed by atoms with Crippen molar-refractivity contribution in [2.24, 2.45) is 11.3 Å². The number of hydrogen-bond acceptors (Lipinski definition) is 4. The van der Waals surface area contributed by atoms with Crippen LogP contribution in [0.1, 0.15) is 27.2 Å². The number of methoxy groups -OCH3 is 1. The highest BCUT2D eigenvalue weighted by Gasteiger charge is 2.34. The van der Waals surface area contributed by atoms with Crippen LogP contribution in [0.5, 0.6) is 0 Å². The number of nitrogens with one attached hydrogen (secondary N) is 1.